The van der Waals surface area contributed by atoms with Crippen molar-refractivity contribution in [2.75, 3.05) is 0 Å². The SMILES string of the molecule is C=C/C=C\C1=C(N(C2=CC=C(c3cccc(CC)c3/C=C\CC)CC2)C(/C=C\C(=C)C2=C3C=CCCC3=CCC2)=C/C)C=CCC1C. The number of benzene rings is 1. The van der Waals surface area contributed by atoms with E-state index >= 15 is 0 Å². The molecule has 0 N–H and O–H groups in total. The summed E-state index contributed by atoms with van der Waals surface area (Å²) >= 11 is 0. The van der Waals surface area contributed by atoms with Crippen LogP contribution in [0.4, 0.5) is 0 Å². The fourth-order valence-corrected chi connectivity index (χ4v) is 7.25. The molecule has 0 aliphatic heterocycles. The number of rotatable bonds is 12. The van der Waals surface area contributed by atoms with Crippen LogP contribution in [0.25, 0.3) is 11.6 Å². The van der Waals surface area contributed by atoms with Gasteiger partial charge in [0.2, 0.25) is 0 Å². The van der Waals surface area contributed by atoms with Crippen LogP contribution >= 0.6 is 0 Å². The third-order valence-electron chi connectivity index (χ3n) is 9.82. The van der Waals surface area contributed by atoms with Gasteiger partial charge in [0.1, 0.15) is 0 Å². The smallest absolute Gasteiger partial charge is 0.0489 e. The largest absolute Gasteiger partial charge is 0.314 e. The van der Waals surface area contributed by atoms with Crippen LogP contribution in [0.3, 0.4) is 0 Å². The zero-order valence-corrected chi connectivity index (χ0v) is 29.2. The Morgan fingerprint density at radius 1 is 0.957 bits per heavy atom. The first kappa shape index (κ1) is 34.0. The Labute approximate surface area is 285 Å². The van der Waals surface area contributed by atoms with Gasteiger partial charge >= 0.3 is 0 Å². The molecule has 0 heterocycles. The quantitative estimate of drug-likeness (QED) is 0.210. The first-order chi connectivity index (χ1) is 23.0. The van der Waals surface area contributed by atoms with Crippen LogP contribution in [0, 0.1) is 5.92 Å². The molecule has 0 spiro atoms. The lowest BCUT2D eigenvalue weighted by Crippen LogP contribution is -2.25. The molecule has 47 heavy (non-hydrogen) atoms. The molecule has 4 aliphatic carbocycles. The van der Waals surface area contributed by atoms with E-state index in [0.717, 1.165) is 63.4 Å². The van der Waals surface area contributed by atoms with E-state index in [1.54, 1.807) is 0 Å². The standard InChI is InChI=1S/C46H53N/c1-7-11-22-42-34(5)18-15-27-46(42)47(39(10-4)31-28-35(6)41-25-17-21-37-19-13-14-24-44(37)41)40-32-29-38(30-33-40)45-26-16-20-36(9-3)43(45)23-12-8-2/h7,10-12,14-16,20-24,26-29,31-32,34H,1,6,8-9,13,17-19,25,30,33H2,2-5H3/b22-11-,23-12-,31-28-,39-10+. The number of hydrogen-bond acceptors (Lipinski definition) is 1. The fraction of sp³-hybridized carbons (Fsp3) is 0.304. The molecule has 0 amide bonds. The Kier molecular flexibility index (Phi) is 11.9. The first-order valence-electron chi connectivity index (χ1n) is 17.8. The molecule has 0 fully saturated rings. The zero-order chi connectivity index (χ0) is 33.2. The third-order valence-corrected chi connectivity index (χ3v) is 9.82. The Bertz CT molecular complexity index is 1710. The molecule has 0 aromatic heterocycles. The van der Waals surface area contributed by atoms with Crippen molar-refractivity contribution >= 4 is 11.6 Å². The van der Waals surface area contributed by atoms with E-state index < -0.39 is 0 Å². The van der Waals surface area contributed by atoms with Crippen molar-refractivity contribution in [2.24, 2.45) is 5.92 Å². The Balaban J connectivity index is 1.57. The summed E-state index contributed by atoms with van der Waals surface area (Å²) in [5.74, 6) is 0.420. The molecule has 242 valence electrons. The van der Waals surface area contributed by atoms with Crippen molar-refractivity contribution in [3.63, 3.8) is 0 Å². The minimum Gasteiger partial charge on any atom is -0.314 e. The zero-order valence-electron chi connectivity index (χ0n) is 29.2. The summed E-state index contributed by atoms with van der Waals surface area (Å²) in [5, 5.41) is 0. The van der Waals surface area contributed by atoms with E-state index in [-0.39, 0.29) is 0 Å². The predicted octanol–water partition coefficient (Wildman–Crippen LogP) is 13.0. The fourth-order valence-electron chi connectivity index (χ4n) is 7.25. The van der Waals surface area contributed by atoms with Crippen molar-refractivity contribution in [1.82, 2.24) is 4.90 Å². The maximum absolute atomic E-state index is 4.59. The second-order valence-electron chi connectivity index (χ2n) is 12.9. The van der Waals surface area contributed by atoms with Crippen LogP contribution < -0.4 is 0 Å². The van der Waals surface area contributed by atoms with Gasteiger partial charge in [-0.15, -0.1) is 0 Å². The highest BCUT2D eigenvalue weighted by Gasteiger charge is 2.25. The number of nitrogens with zero attached hydrogens (tertiary/aromatic N) is 1. The van der Waals surface area contributed by atoms with E-state index in [0.29, 0.717) is 5.92 Å². The van der Waals surface area contributed by atoms with Gasteiger partial charge in [0.15, 0.2) is 0 Å². The van der Waals surface area contributed by atoms with Gasteiger partial charge < -0.3 is 4.90 Å². The summed E-state index contributed by atoms with van der Waals surface area (Å²) in [7, 11) is 0. The maximum atomic E-state index is 4.59. The first-order valence-corrected chi connectivity index (χ1v) is 17.8. The van der Waals surface area contributed by atoms with Gasteiger partial charge in [-0.1, -0.05) is 125 Å². The average molecular weight is 620 g/mol. The lowest BCUT2D eigenvalue weighted by Gasteiger charge is -2.35. The van der Waals surface area contributed by atoms with E-state index in [2.05, 4.69) is 149 Å². The lowest BCUT2D eigenvalue weighted by molar-refractivity contribution is 0.507. The third kappa shape index (κ3) is 7.79. The summed E-state index contributed by atoms with van der Waals surface area (Å²) in [6.07, 6.45) is 43.6. The molecule has 0 radical (unpaired) electrons. The predicted molar refractivity (Wildman–Crippen MR) is 206 cm³/mol. The topological polar surface area (TPSA) is 3.24 Å². The molecule has 1 heteroatoms. The van der Waals surface area contributed by atoms with Gasteiger partial charge in [-0.05, 0) is 139 Å². The van der Waals surface area contributed by atoms with Crippen molar-refractivity contribution in [3.05, 3.63) is 178 Å². The van der Waals surface area contributed by atoms with Gasteiger partial charge in [0.25, 0.3) is 0 Å². The Hall–Kier alpha value is -4.36. The van der Waals surface area contributed by atoms with Crippen LogP contribution in [0.2, 0.25) is 0 Å². The molecule has 0 saturated heterocycles. The van der Waals surface area contributed by atoms with E-state index in [9.17, 15) is 0 Å². The highest BCUT2D eigenvalue weighted by Crippen LogP contribution is 2.40. The molecule has 1 aromatic carbocycles. The van der Waals surface area contributed by atoms with Crippen LogP contribution in [-0.2, 0) is 6.42 Å². The van der Waals surface area contributed by atoms with E-state index in [1.165, 1.54) is 61.6 Å². The monoisotopic (exact) mass is 619 g/mol. The summed E-state index contributed by atoms with van der Waals surface area (Å²) in [4.78, 5) is 2.50. The normalized spacial score (nSPS) is 20.2. The second-order valence-corrected chi connectivity index (χ2v) is 12.9. The van der Waals surface area contributed by atoms with Gasteiger partial charge in [-0.2, -0.15) is 0 Å². The number of aryl methyl sites for hydroxylation is 1. The minimum absolute atomic E-state index is 0.420. The van der Waals surface area contributed by atoms with Crippen molar-refractivity contribution in [1.29, 1.82) is 0 Å². The average Bonchev–Trinajstić information content (AvgIpc) is 3.11. The second kappa shape index (κ2) is 16.5. The highest BCUT2D eigenvalue weighted by atomic mass is 15.2. The van der Waals surface area contributed by atoms with Crippen LogP contribution in [0.15, 0.2) is 161 Å². The van der Waals surface area contributed by atoms with Gasteiger partial charge in [-0.25, -0.2) is 0 Å². The molecule has 1 unspecified atom stereocenters. The molecule has 5 rings (SSSR count). The summed E-state index contributed by atoms with van der Waals surface area (Å²) in [6, 6.07) is 6.80. The molecular weight excluding hydrogens is 567 g/mol. The molecule has 0 saturated carbocycles. The van der Waals surface area contributed by atoms with Gasteiger partial charge in [0.05, 0.1) is 0 Å². The number of fused-ring (bicyclic) bond motifs is 1. The molecule has 1 aromatic rings. The molecule has 1 atom stereocenters. The number of allylic oxidation sites excluding steroid dienone is 21. The lowest BCUT2D eigenvalue weighted by atomic mass is 9.82. The molecular formula is C46H53N. The highest BCUT2D eigenvalue weighted by molar-refractivity contribution is 5.78. The Morgan fingerprint density at radius 3 is 2.57 bits per heavy atom. The number of hydrogen-bond donors (Lipinski definition) is 0. The van der Waals surface area contributed by atoms with E-state index in [1.807, 2.05) is 6.08 Å². The van der Waals surface area contributed by atoms with Crippen molar-refractivity contribution in [2.45, 2.75) is 85.5 Å². The maximum Gasteiger partial charge on any atom is 0.0489 e. The Morgan fingerprint density at radius 2 is 1.83 bits per heavy atom. The minimum atomic E-state index is 0.420. The van der Waals surface area contributed by atoms with Gasteiger partial charge in [-0.3, -0.25) is 0 Å². The van der Waals surface area contributed by atoms with Crippen LogP contribution in [0.5, 0.6) is 0 Å². The van der Waals surface area contributed by atoms with E-state index in [4.69, 9.17) is 0 Å². The summed E-state index contributed by atoms with van der Waals surface area (Å²) in [5.41, 5.74) is 16.0. The molecule has 4 aliphatic rings. The molecule has 0 bridgehead atoms. The summed E-state index contributed by atoms with van der Waals surface area (Å²) in [6.45, 7) is 17.5. The van der Waals surface area contributed by atoms with Crippen LogP contribution in [-0.4, -0.2) is 4.90 Å². The van der Waals surface area contributed by atoms with Crippen LogP contribution in [0.1, 0.15) is 95.8 Å². The van der Waals surface area contributed by atoms with Crippen molar-refractivity contribution in [3.8, 4) is 0 Å². The van der Waals surface area contributed by atoms with Gasteiger partial charge in [0, 0.05) is 17.1 Å². The molecule has 1 nitrogen and oxygen atoms in total. The van der Waals surface area contributed by atoms with Crippen molar-refractivity contribution < 1.29 is 0 Å². The summed E-state index contributed by atoms with van der Waals surface area (Å²) < 4.78 is 0.